The van der Waals surface area contributed by atoms with E-state index in [1.165, 1.54) is 11.3 Å². The monoisotopic (exact) mass is 295 g/mol. The van der Waals surface area contributed by atoms with Crippen molar-refractivity contribution in [3.8, 4) is 0 Å². The third-order valence-electron chi connectivity index (χ3n) is 3.47. The highest BCUT2D eigenvalue weighted by atomic mass is 32.1. The van der Waals surface area contributed by atoms with Crippen LogP contribution in [0.1, 0.15) is 29.4 Å². The highest BCUT2D eigenvalue weighted by molar-refractivity contribution is 7.12. The first-order valence-electron chi connectivity index (χ1n) is 6.94. The van der Waals surface area contributed by atoms with E-state index in [2.05, 4.69) is 0 Å². The minimum absolute atomic E-state index is 0.0562. The van der Waals surface area contributed by atoms with Gasteiger partial charge in [0.15, 0.2) is 0 Å². The number of hydrogen-bond donors (Lipinski definition) is 1. The van der Waals surface area contributed by atoms with Gasteiger partial charge in [-0.15, -0.1) is 11.3 Å². The van der Waals surface area contributed by atoms with Crippen LogP contribution in [0.15, 0.2) is 17.5 Å². The summed E-state index contributed by atoms with van der Waals surface area (Å²) in [5.41, 5.74) is 5.66. The Labute approximate surface area is 123 Å². The summed E-state index contributed by atoms with van der Waals surface area (Å²) in [4.78, 5) is 28.6. The van der Waals surface area contributed by atoms with Gasteiger partial charge >= 0.3 is 0 Å². The van der Waals surface area contributed by atoms with Crippen molar-refractivity contribution >= 4 is 23.2 Å². The van der Waals surface area contributed by atoms with Crippen LogP contribution >= 0.6 is 11.3 Å². The van der Waals surface area contributed by atoms with E-state index in [1.54, 1.807) is 0 Å². The molecule has 0 aliphatic carbocycles. The highest BCUT2D eigenvalue weighted by Crippen LogP contribution is 2.14. The normalized spacial score (nSPS) is 17.1. The molecule has 0 bridgehead atoms. The molecule has 1 atom stereocenters. The Morgan fingerprint density at radius 2 is 1.95 bits per heavy atom. The zero-order valence-corrected chi connectivity index (χ0v) is 12.6. The van der Waals surface area contributed by atoms with Gasteiger partial charge in [-0.2, -0.15) is 0 Å². The van der Waals surface area contributed by atoms with Gasteiger partial charge in [0, 0.05) is 38.6 Å². The molecule has 1 saturated heterocycles. The number of rotatable bonds is 4. The number of piperazine rings is 1. The second kappa shape index (κ2) is 6.85. The van der Waals surface area contributed by atoms with Gasteiger partial charge in [0.25, 0.3) is 5.91 Å². The molecule has 0 aromatic carbocycles. The summed E-state index contributed by atoms with van der Waals surface area (Å²) in [5, 5.41) is 1.90. The SMILES string of the molecule is CC(N)CCC(=O)N1CCN(C(=O)c2cccs2)CC1. The van der Waals surface area contributed by atoms with Crippen molar-refractivity contribution < 1.29 is 9.59 Å². The first kappa shape index (κ1) is 15.0. The van der Waals surface area contributed by atoms with Crippen molar-refractivity contribution in [2.45, 2.75) is 25.8 Å². The molecule has 2 rings (SSSR count). The number of hydrogen-bond acceptors (Lipinski definition) is 4. The van der Waals surface area contributed by atoms with Crippen LogP contribution in [0, 0.1) is 0 Å². The van der Waals surface area contributed by atoms with Crippen LogP contribution in [0.25, 0.3) is 0 Å². The van der Waals surface area contributed by atoms with Crippen molar-refractivity contribution in [2.24, 2.45) is 5.73 Å². The van der Waals surface area contributed by atoms with Gasteiger partial charge in [0.2, 0.25) is 5.91 Å². The maximum Gasteiger partial charge on any atom is 0.264 e. The van der Waals surface area contributed by atoms with Crippen molar-refractivity contribution in [1.82, 2.24) is 9.80 Å². The second-order valence-corrected chi connectivity index (χ2v) is 6.11. The zero-order chi connectivity index (χ0) is 14.5. The van der Waals surface area contributed by atoms with Crippen LogP contribution in [0.2, 0.25) is 0 Å². The van der Waals surface area contributed by atoms with Crippen molar-refractivity contribution in [2.75, 3.05) is 26.2 Å². The van der Waals surface area contributed by atoms with Gasteiger partial charge in [0.1, 0.15) is 0 Å². The van der Waals surface area contributed by atoms with Crippen molar-refractivity contribution in [3.05, 3.63) is 22.4 Å². The average molecular weight is 295 g/mol. The van der Waals surface area contributed by atoms with Crippen molar-refractivity contribution in [3.63, 3.8) is 0 Å². The molecule has 1 fully saturated rings. The molecule has 5 nitrogen and oxygen atoms in total. The maximum absolute atomic E-state index is 12.2. The Morgan fingerprint density at radius 1 is 1.30 bits per heavy atom. The van der Waals surface area contributed by atoms with Gasteiger partial charge in [-0.1, -0.05) is 6.07 Å². The quantitative estimate of drug-likeness (QED) is 0.906. The van der Waals surface area contributed by atoms with Gasteiger partial charge in [-0.3, -0.25) is 9.59 Å². The standard InChI is InChI=1S/C14H21N3O2S/c1-11(15)4-5-13(18)16-6-8-17(9-7-16)14(19)12-3-2-10-20-12/h2-3,10-11H,4-9,15H2,1H3. The zero-order valence-electron chi connectivity index (χ0n) is 11.7. The summed E-state index contributed by atoms with van der Waals surface area (Å²) in [6.45, 7) is 4.37. The lowest BCUT2D eigenvalue weighted by molar-refractivity contribution is -0.132. The largest absolute Gasteiger partial charge is 0.339 e. The minimum atomic E-state index is 0.0562. The Kier molecular flexibility index (Phi) is 5.14. The molecule has 0 radical (unpaired) electrons. The van der Waals surface area contributed by atoms with E-state index in [0.29, 0.717) is 39.0 Å². The summed E-state index contributed by atoms with van der Waals surface area (Å²) in [6.07, 6.45) is 1.21. The molecule has 1 aliphatic heterocycles. The van der Waals surface area contributed by atoms with Gasteiger partial charge in [0.05, 0.1) is 4.88 Å². The number of carbonyl (C=O) groups is 2. The Hall–Kier alpha value is -1.40. The predicted molar refractivity (Wildman–Crippen MR) is 79.7 cm³/mol. The van der Waals surface area contributed by atoms with E-state index < -0.39 is 0 Å². The molecule has 0 spiro atoms. The maximum atomic E-state index is 12.2. The molecule has 2 N–H and O–H groups in total. The fraction of sp³-hybridized carbons (Fsp3) is 0.571. The van der Waals surface area contributed by atoms with E-state index in [9.17, 15) is 9.59 Å². The Balaban J connectivity index is 1.80. The topological polar surface area (TPSA) is 66.6 Å². The molecule has 2 amide bonds. The Bertz CT molecular complexity index is 451. The average Bonchev–Trinajstić information content (AvgIpc) is 2.98. The highest BCUT2D eigenvalue weighted by Gasteiger charge is 2.24. The van der Waals surface area contributed by atoms with Crippen LogP contribution in [0.4, 0.5) is 0 Å². The minimum Gasteiger partial charge on any atom is -0.339 e. The number of nitrogens with zero attached hydrogens (tertiary/aromatic N) is 2. The number of nitrogens with two attached hydrogens (primary N) is 1. The number of amides is 2. The van der Waals surface area contributed by atoms with Crippen LogP contribution < -0.4 is 5.73 Å². The third kappa shape index (κ3) is 3.80. The molecule has 2 heterocycles. The molecule has 1 aromatic heterocycles. The second-order valence-electron chi connectivity index (χ2n) is 5.17. The fourth-order valence-corrected chi connectivity index (χ4v) is 2.92. The van der Waals surface area contributed by atoms with E-state index in [0.717, 1.165) is 4.88 Å². The molecule has 0 saturated carbocycles. The van der Waals surface area contributed by atoms with Gasteiger partial charge < -0.3 is 15.5 Å². The first-order chi connectivity index (χ1) is 9.58. The molecule has 1 unspecified atom stereocenters. The third-order valence-corrected chi connectivity index (χ3v) is 4.32. The molecule has 110 valence electrons. The predicted octanol–water partition coefficient (Wildman–Crippen LogP) is 1.16. The number of thiophene rings is 1. The first-order valence-corrected chi connectivity index (χ1v) is 7.82. The summed E-state index contributed by atoms with van der Waals surface area (Å²) >= 11 is 1.46. The molecule has 20 heavy (non-hydrogen) atoms. The summed E-state index contributed by atoms with van der Waals surface area (Å²) in [5.74, 6) is 0.216. The summed E-state index contributed by atoms with van der Waals surface area (Å²) < 4.78 is 0. The molecule has 1 aromatic rings. The van der Waals surface area contributed by atoms with E-state index in [4.69, 9.17) is 5.73 Å². The molecular formula is C14H21N3O2S. The smallest absolute Gasteiger partial charge is 0.264 e. The van der Waals surface area contributed by atoms with Gasteiger partial charge in [-0.05, 0) is 24.8 Å². The van der Waals surface area contributed by atoms with Crippen molar-refractivity contribution in [1.29, 1.82) is 0 Å². The summed E-state index contributed by atoms with van der Waals surface area (Å²) in [7, 11) is 0. The van der Waals surface area contributed by atoms with Crippen LogP contribution in [0.3, 0.4) is 0 Å². The molecule has 6 heteroatoms. The lowest BCUT2D eigenvalue weighted by atomic mass is 10.1. The lowest BCUT2D eigenvalue weighted by Crippen LogP contribution is -2.50. The fourth-order valence-electron chi connectivity index (χ4n) is 2.22. The van der Waals surface area contributed by atoms with Crippen LogP contribution in [-0.2, 0) is 4.79 Å². The van der Waals surface area contributed by atoms with E-state index >= 15 is 0 Å². The van der Waals surface area contributed by atoms with E-state index in [-0.39, 0.29) is 17.9 Å². The molecular weight excluding hydrogens is 274 g/mol. The lowest BCUT2D eigenvalue weighted by Gasteiger charge is -2.34. The van der Waals surface area contributed by atoms with Gasteiger partial charge in [-0.25, -0.2) is 0 Å². The van der Waals surface area contributed by atoms with E-state index in [1.807, 2.05) is 34.2 Å². The summed E-state index contributed by atoms with van der Waals surface area (Å²) in [6, 6.07) is 3.78. The van der Waals surface area contributed by atoms with Crippen LogP contribution in [0.5, 0.6) is 0 Å². The molecule has 1 aliphatic rings. The van der Waals surface area contributed by atoms with Crippen LogP contribution in [-0.4, -0.2) is 53.8 Å². The Morgan fingerprint density at radius 3 is 2.50 bits per heavy atom. The number of carbonyl (C=O) groups excluding carboxylic acids is 2.